The zero-order valence-electron chi connectivity index (χ0n) is 18.0. The molecular formula is C23H18ClF2N9. The molecule has 0 unspecified atom stereocenters. The van der Waals surface area contributed by atoms with Gasteiger partial charge < -0.3 is 22.0 Å². The lowest BCUT2D eigenvalue weighted by molar-refractivity contribution is 0.581. The van der Waals surface area contributed by atoms with E-state index in [0.717, 1.165) is 18.0 Å². The first-order valence-corrected chi connectivity index (χ1v) is 10.5. The monoisotopic (exact) mass is 493 g/mol. The summed E-state index contributed by atoms with van der Waals surface area (Å²) in [5.74, 6) is 3.73. The number of H-pyrrole nitrogens is 1. The van der Waals surface area contributed by atoms with Crippen LogP contribution in [0.15, 0.2) is 59.1 Å². The molecule has 0 spiro atoms. The first kappa shape index (κ1) is 23.6. The molecule has 0 fully saturated rings. The van der Waals surface area contributed by atoms with Crippen molar-refractivity contribution in [2.75, 3.05) is 0 Å². The number of hydrazone groups is 1. The van der Waals surface area contributed by atoms with Crippen molar-refractivity contribution in [2.24, 2.45) is 21.7 Å². The Bertz CT molecular complexity index is 1490. The zero-order chi connectivity index (χ0) is 24.9. The van der Waals surface area contributed by atoms with Crippen molar-refractivity contribution in [1.82, 2.24) is 19.9 Å². The number of imidazole rings is 1. The Hall–Kier alpha value is -4.51. The molecule has 3 aromatic heterocycles. The van der Waals surface area contributed by atoms with Crippen LogP contribution in [0.1, 0.15) is 22.5 Å². The van der Waals surface area contributed by atoms with E-state index in [1.807, 2.05) is 0 Å². The summed E-state index contributed by atoms with van der Waals surface area (Å²) in [6, 6.07) is 6.68. The van der Waals surface area contributed by atoms with Crippen LogP contribution in [0, 0.1) is 17.0 Å². The maximum Gasteiger partial charge on any atom is 0.144 e. The second-order valence-electron chi connectivity index (χ2n) is 7.24. The fraction of sp³-hybridized carbons (Fsp3) is 0.0435. The van der Waals surface area contributed by atoms with Gasteiger partial charge in [-0.25, -0.2) is 18.7 Å². The van der Waals surface area contributed by atoms with Gasteiger partial charge in [-0.05, 0) is 24.3 Å². The number of nitrogens with two attached hydrogens (primary N) is 2. The van der Waals surface area contributed by atoms with Crippen molar-refractivity contribution in [3.8, 4) is 0 Å². The van der Waals surface area contributed by atoms with Crippen molar-refractivity contribution < 1.29 is 8.78 Å². The topological polar surface area (TPSA) is 155 Å². The third-order valence-corrected chi connectivity index (χ3v) is 5.30. The smallest absolute Gasteiger partial charge is 0.144 e. The largest absolute Gasteiger partial charge is 0.398 e. The van der Waals surface area contributed by atoms with E-state index in [-0.39, 0.29) is 27.6 Å². The lowest BCUT2D eigenvalue weighted by atomic mass is 10.0. The highest BCUT2D eigenvalue weighted by Gasteiger charge is 2.16. The highest BCUT2D eigenvalue weighted by Crippen LogP contribution is 2.27. The van der Waals surface area contributed by atoms with E-state index in [9.17, 15) is 8.78 Å². The van der Waals surface area contributed by atoms with Crippen LogP contribution >= 0.6 is 11.6 Å². The molecule has 12 heteroatoms. The molecule has 9 nitrogen and oxygen atoms in total. The van der Waals surface area contributed by atoms with Gasteiger partial charge in [-0.3, -0.25) is 9.98 Å². The first-order valence-electron chi connectivity index (χ1n) is 10.1. The van der Waals surface area contributed by atoms with Crippen molar-refractivity contribution in [2.45, 2.75) is 6.54 Å². The van der Waals surface area contributed by atoms with E-state index in [1.165, 1.54) is 6.21 Å². The number of allylic oxidation sites excluding steroid dienone is 1. The molecule has 0 aliphatic heterocycles. The third-order valence-electron chi connectivity index (χ3n) is 5.01. The van der Waals surface area contributed by atoms with E-state index in [0.29, 0.717) is 34.9 Å². The molecular weight excluding hydrogens is 476 g/mol. The van der Waals surface area contributed by atoms with Gasteiger partial charge in [0.15, 0.2) is 0 Å². The predicted molar refractivity (Wildman–Crippen MR) is 132 cm³/mol. The highest BCUT2D eigenvalue weighted by molar-refractivity contribution is 6.38. The Labute approximate surface area is 202 Å². The molecule has 3 heterocycles. The van der Waals surface area contributed by atoms with Gasteiger partial charge >= 0.3 is 0 Å². The average Bonchev–Trinajstić information content (AvgIpc) is 3.37. The molecule has 0 saturated carbocycles. The second-order valence-corrected chi connectivity index (χ2v) is 7.64. The van der Waals surface area contributed by atoms with Gasteiger partial charge in [-0.1, -0.05) is 11.6 Å². The maximum absolute atomic E-state index is 14.4. The van der Waals surface area contributed by atoms with Crippen LogP contribution in [0.25, 0.3) is 22.3 Å². The Morgan fingerprint density at radius 1 is 1.14 bits per heavy atom. The van der Waals surface area contributed by atoms with Gasteiger partial charge in [0.25, 0.3) is 0 Å². The number of nitrogens with zero attached hydrogens (tertiary/aromatic N) is 5. The average molecular weight is 494 g/mol. The normalized spacial score (nSPS) is 12.8. The number of halogens is 3. The summed E-state index contributed by atoms with van der Waals surface area (Å²) >= 11 is 5.79. The molecule has 176 valence electrons. The quantitative estimate of drug-likeness (QED) is 0.134. The number of aromatic nitrogens is 4. The summed E-state index contributed by atoms with van der Waals surface area (Å²) in [7, 11) is 0. The minimum absolute atomic E-state index is 0.118. The number of hydrogen-bond acceptors (Lipinski definition) is 8. The van der Waals surface area contributed by atoms with Crippen molar-refractivity contribution >= 4 is 52.0 Å². The fourth-order valence-corrected chi connectivity index (χ4v) is 3.41. The van der Waals surface area contributed by atoms with E-state index in [4.69, 9.17) is 28.6 Å². The number of benzene rings is 1. The Morgan fingerprint density at radius 2 is 1.97 bits per heavy atom. The fourth-order valence-electron chi connectivity index (χ4n) is 3.24. The number of aliphatic imine (C=N–C) groups is 1. The molecule has 0 bridgehead atoms. The van der Waals surface area contributed by atoms with Crippen molar-refractivity contribution in [1.29, 1.82) is 5.41 Å². The summed E-state index contributed by atoms with van der Waals surface area (Å²) in [4.78, 5) is 20.1. The standard InChI is InChI=1S/C23H18ClF2N9/c24-16-4-14(17(25)5-18(16)26)23(28)15(6-27)19-1-2-20-21(34-19)3-12(7-32-20)22(35-29)10-30-8-13-9-31-11-33-13/h1-7,9-11,27H,8,28-29H2,(H,31,33). The van der Waals surface area contributed by atoms with E-state index < -0.39 is 11.6 Å². The van der Waals surface area contributed by atoms with Gasteiger partial charge in [0.2, 0.25) is 0 Å². The molecule has 6 N–H and O–H groups in total. The summed E-state index contributed by atoms with van der Waals surface area (Å²) in [5.41, 5.74) is 9.03. The number of nitrogens with one attached hydrogen (secondary N) is 2. The van der Waals surface area contributed by atoms with Crippen LogP contribution < -0.4 is 11.6 Å². The van der Waals surface area contributed by atoms with Gasteiger partial charge in [0, 0.05) is 47.6 Å². The Balaban J connectivity index is 1.71. The van der Waals surface area contributed by atoms with Crippen LogP contribution in [0.3, 0.4) is 0 Å². The molecule has 4 aromatic rings. The molecule has 1 aromatic carbocycles. The van der Waals surface area contributed by atoms with E-state index in [2.05, 4.69) is 30.0 Å². The minimum Gasteiger partial charge on any atom is -0.398 e. The summed E-state index contributed by atoms with van der Waals surface area (Å²) in [6.07, 6.45) is 7.24. The number of hydrogen-bond donors (Lipinski definition) is 4. The predicted octanol–water partition coefficient (Wildman–Crippen LogP) is 3.69. The minimum atomic E-state index is -0.912. The SMILES string of the molecule is N=CC(=C(N)c1cc(Cl)c(F)cc1F)c1ccc2ncc(C(C=NCc3cnc[nH]3)=NN)cc2n1. The molecule has 4 rings (SSSR count). The van der Waals surface area contributed by atoms with E-state index >= 15 is 0 Å². The van der Waals surface area contributed by atoms with Crippen LogP contribution in [-0.2, 0) is 6.54 Å². The van der Waals surface area contributed by atoms with Crippen LogP contribution in [0.5, 0.6) is 0 Å². The number of aromatic amines is 1. The molecule has 0 atom stereocenters. The first-order chi connectivity index (χ1) is 16.9. The molecule has 35 heavy (non-hydrogen) atoms. The summed E-state index contributed by atoms with van der Waals surface area (Å²) < 4.78 is 27.9. The third kappa shape index (κ3) is 5.04. The van der Waals surface area contributed by atoms with Gasteiger partial charge in [0.1, 0.15) is 17.3 Å². The molecule has 0 aliphatic rings. The number of rotatable bonds is 7. The lowest BCUT2D eigenvalue weighted by Crippen LogP contribution is -2.08. The maximum atomic E-state index is 14.4. The molecule has 0 aliphatic carbocycles. The molecule has 0 saturated heterocycles. The highest BCUT2D eigenvalue weighted by atomic mass is 35.5. The summed E-state index contributed by atoms with van der Waals surface area (Å²) in [6.45, 7) is 0.360. The van der Waals surface area contributed by atoms with Crippen LogP contribution in [-0.4, -0.2) is 38.1 Å². The number of pyridine rings is 2. The number of fused-ring (bicyclic) bond motifs is 1. The molecule has 0 radical (unpaired) electrons. The van der Waals surface area contributed by atoms with E-state index in [1.54, 1.807) is 36.9 Å². The van der Waals surface area contributed by atoms with Crippen LogP contribution in [0.2, 0.25) is 5.02 Å². The zero-order valence-corrected chi connectivity index (χ0v) is 18.8. The van der Waals surface area contributed by atoms with Crippen LogP contribution in [0.4, 0.5) is 8.78 Å². The lowest BCUT2D eigenvalue weighted by Gasteiger charge is -2.11. The molecule has 0 amide bonds. The van der Waals surface area contributed by atoms with Gasteiger partial charge in [-0.15, -0.1) is 0 Å². The van der Waals surface area contributed by atoms with Crippen molar-refractivity contribution in [3.05, 3.63) is 88.2 Å². The Kier molecular flexibility index (Phi) is 6.88. The van der Waals surface area contributed by atoms with Gasteiger partial charge in [-0.2, -0.15) is 5.10 Å². The Morgan fingerprint density at radius 3 is 2.69 bits per heavy atom. The summed E-state index contributed by atoms with van der Waals surface area (Å²) in [5, 5.41) is 11.3. The van der Waals surface area contributed by atoms with Crippen molar-refractivity contribution in [3.63, 3.8) is 0 Å². The van der Waals surface area contributed by atoms with Gasteiger partial charge in [0.05, 0.1) is 46.0 Å². The second kappa shape index (κ2) is 10.2.